The van der Waals surface area contributed by atoms with Crippen LogP contribution in [0.15, 0.2) is 36.8 Å². The highest BCUT2D eigenvalue weighted by Gasteiger charge is 2.17. The highest BCUT2D eigenvalue weighted by atomic mass is 19.1. The second-order valence-electron chi connectivity index (χ2n) is 5.67. The van der Waals surface area contributed by atoms with Crippen molar-refractivity contribution in [3.05, 3.63) is 54.2 Å². The Hall–Kier alpha value is -3.49. The van der Waals surface area contributed by atoms with Gasteiger partial charge in [-0.3, -0.25) is 4.40 Å². The Labute approximate surface area is 151 Å². The van der Waals surface area contributed by atoms with Crippen LogP contribution >= 0.6 is 0 Å². The highest BCUT2D eigenvalue weighted by Crippen LogP contribution is 2.34. The zero-order valence-corrected chi connectivity index (χ0v) is 14.3. The van der Waals surface area contributed by atoms with E-state index < -0.39 is 23.1 Å². The number of anilines is 2. The maximum absolute atomic E-state index is 14.0. The molecular formula is C18H13F3N4O2. The number of benzene rings is 2. The van der Waals surface area contributed by atoms with Gasteiger partial charge in [0.2, 0.25) is 0 Å². The Kier molecular flexibility index (Phi) is 3.98. The predicted molar refractivity (Wildman–Crippen MR) is 93.2 cm³/mol. The fourth-order valence-electron chi connectivity index (χ4n) is 2.85. The molecule has 0 aliphatic heterocycles. The van der Waals surface area contributed by atoms with Crippen molar-refractivity contribution in [2.24, 2.45) is 0 Å². The molecule has 0 radical (unpaired) electrons. The molecule has 0 bridgehead atoms. The molecule has 0 saturated heterocycles. The number of ether oxygens (including phenoxy) is 2. The number of fused-ring (bicyclic) bond motifs is 3. The van der Waals surface area contributed by atoms with Gasteiger partial charge in [0.1, 0.15) is 17.0 Å². The van der Waals surface area contributed by atoms with E-state index in [0.29, 0.717) is 40.2 Å². The zero-order valence-electron chi connectivity index (χ0n) is 14.3. The van der Waals surface area contributed by atoms with Gasteiger partial charge in [0.25, 0.3) is 0 Å². The summed E-state index contributed by atoms with van der Waals surface area (Å²) in [4.78, 5) is 8.50. The van der Waals surface area contributed by atoms with Crippen LogP contribution in [0.5, 0.6) is 11.5 Å². The van der Waals surface area contributed by atoms with E-state index in [1.165, 1.54) is 26.7 Å². The lowest BCUT2D eigenvalue weighted by molar-refractivity contribution is 0.355. The van der Waals surface area contributed by atoms with Crippen molar-refractivity contribution < 1.29 is 22.6 Å². The van der Waals surface area contributed by atoms with E-state index in [4.69, 9.17) is 9.47 Å². The molecule has 1 N–H and O–H groups in total. The first kappa shape index (κ1) is 17.0. The summed E-state index contributed by atoms with van der Waals surface area (Å²) in [5.41, 5.74) is 1.10. The summed E-state index contributed by atoms with van der Waals surface area (Å²) in [6.07, 6.45) is 3.03. The van der Waals surface area contributed by atoms with E-state index in [1.54, 1.807) is 16.5 Å². The number of rotatable bonds is 4. The Morgan fingerprint density at radius 1 is 0.926 bits per heavy atom. The van der Waals surface area contributed by atoms with E-state index in [-0.39, 0.29) is 5.82 Å². The minimum atomic E-state index is -1.07. The third kappa shape index (κ3) is 2.77. The summed E-state index contributed by atoms with van der Waals surface area (Å²) in [5.74, 6) is -2.05. The molecule has 0 unspecified atom stereocenters. The first-order valence-corrected chi connectivity index (χ1v) is 7.81. The van der Waals surface area contributed by atoms with Gasteiger partial charge in [-0.05, 0) is 0 Å². The van der Waals surface area contributed by atoms with Crippen LogP contribution in [0.1, 0.15) is 0 Å². The molecule has 9 heteroatoms. The molecule has 4 aromatic rings. The van der Waals surface area contributed by atoms with Crippen molar-refractivity contribution in [3.63, 3.8) is 0 Å². The van der Waals surface area contributed by atoms with Gasteiger partial charge in [0, 0.05) is 24.3 Å². The molecule has 0 aliphatic carbocycles. The Morgan fingerprint density at radius 3 is 2.26 bits per heavy atom. The number of aromatic nitrogens is 3. The Morgan fingerprint density at radius 2 is 1.59 bits per heavy atom. The SMILES string of the molecule is COc1cc2nc(Nc3c(F)cc(F)cc3F)c3cncn3c2cc1OC. The summed E-state index contributed by atoms with van der Waals surface area (Å²) in [6.45, 7) is 0. The van der Waals surface area contributed by atoms with Crippen LogP contribution in [-0.4, -0.2) is 28.6 Å². The van der Waals surface area contributed by atoms with Crippen LogP contribution in [-0.2, 0) is 0 Å². The van der Waals surface area contributed by atoms with Crippen LogP contribution in [0.4, 0.5) is 24.7 Å². The van der Waals surface area contributed by atoms with Gasteiger partial charge in [-0.15, -0.1) is 0 Å². The number of hydrogen-bond donors (Lipinski definition) is 1. The molecular weight excluding hydrogens is 361 g/mol. The Bertz CT molecular complexity index is 1150. The lowest BCUT2D eigenvalue weighted by atomic mass is 10.2. The molecule has 6 nitrogen and oxygen atoms in total. The summed E-state index contributed by atoms with van der Waals surface area (Å²) in [6, 6.07) is 4.54. The number of nitrogens with one attached hydrogen (secondary N) is 1. The molecule has 2 aromatic heterocycles. The predicted octanol–water partition coefficient (Wildman–Crippen LogP) is 4.06. The topological polar surface area (TPSA) is 60.7 Å². The molecule has 0 atom stereocenters. The van der Waals surface area contributed by atoms with E-state index in [0.717, 1.165) is 0 Å². The molecule has 138 valence electrons. The lowest BCUT2D eigenvalue weighted by Gasteiger charge is -2.14. The molecule has 0 saturated carbocycles. The molecule has 0 aliphatic rings. The molecule has 0 spiro atoms. The standard InChI is InChI=1S/C18H13F3N4O2/c1-26-15-5-12-13(6-16(15)27-2)25-8-22-7-14(25)18(23-12)24-17-10(20)3-9(19)4-11(17)21/h3-8H,1-2H3,(H,23,24). The Balaban J connectivity index is 1.94. The quantitative estimate of drug-likeness (QED) is 0.584. The van der Waals surface area contributed by atoms with Gasteiger partial charge in [-0.1, -0.05) is 0 Å². The maximum Gasteiger partial charge on any atom is 0.163 e. The van der Waals surface area contributed by atoms with Crippen LogP contribution in [0.3, 0.4) is 0 Å². The van der Waals surface area contributed by atoms with Gasteiger partial charge < -0.3 is 14.8 Å². The third-order valence-corrected chi connectivity index (χ3v) is 4.10. The van der Waals surface area contributed by atoms with E-state index >= 15 is 0 Å². The number of hydrogen-bond acceptors (Lipinski definition) is 5. The van der Waals surface area contributed by atoms with Crippen molar-refractivity contribution in [2.75, 3.05) is 19.5 Å². The summed E-state index contributed by atoms with van der Waals surface area (Å²) >= 11 is 0. The fourth-order valence-corrected chi connectivity index (χ4v) is 2.85. The smallest absolute Gasteiger partial charge is 0.163 e. The third-order valence-electron chi connectivity index (χ3n) is 4.10. The van der Waals surface area contributed by atoms with Crippen molar-refractivity contribution in [2.45, 2.75) is 0 Å². The fraction of sp³-hybridized carbons (Fsp3) is 0.111. The van der Waals surface area contributed by atoms with E-state index in [1.807, 2.05) is 0 Å². The number of nitrogens with zero attached hydrogens (tertiary/aromatic N) is 3. The molecule has 2 heterocycles. The molecule has 4 rings (SSSR count). The molecule has 27 heavy (non-hydrogen) atoms. The van der Waals surface area contributed by atoms with Crippen LogP contribution < -0.4 is 14.8 Å². The van der Waals surface area contributed by atoms with Crippen LogP contribution in [0, 0.1) is 17.5 Å². The minimum Gasteiger partial charge on any atom is -0.493 e. The second kappa shape index (κ2) is 6.35. The van der Waals surface area contributed by atoms with Gasteiger partial charge in [0.15, 0.2) is 29.0 Å². The van der Waals surface area contributed by atoms with Crippen LogP contribution in [0.2, 0.25) is 0 Å². The first-order chi connectivity index (χ1) is 13.0. The average molecular weight is 374 g/mol. The monoisotopic (exact) mass is 374 g/mol. The molecule has 0 amide bonds. The number of halogens is 3. The van der Waals surface area contributed by atoms with Gasteiger partial charge in [-0.25, -0.2) is 23.1 Å². The van der Waals surface area contributed by atoms with Crippen molar-refractivity contribution in [1.29, 1.82) is 0 Å². The normalized spacial score (nSPS) is 11.1. The average Bonchev–Trinajstić information content (AvgIpc) is 3.13. The summed E-state index contributed by atoms with van der Waals surface area (Å²) in [7, 11) is 3.00. The maximum atomic E-state index is 14.0. The summed E-state index contributed by atoms with van der Waals surface area (Å²) in [5, 5.41) is 2.59. The van der Waals surface area contributed by atoms with E-state index in [9.17, 15) is 13.2 Å². The minimum absolute atomic E-state index is 0.150. The molecule has 0 fully saturated rings. The van der Waals surface area contributed by atoms with Crippen LogP contribution in [0.25, 0.3) is 16.6 Å². The van der Waals surface area contributed by atoms with Crippen molar-refractivity contribution >= 4 is 28.1 Å². The second-order valence-corrected chi connectivity index (χ2v) is 5.67. The number of imidazole rings is 1. The highest BCUT2D eigenvalue weighted by molar-refractivity contribution is 5.88. The van der Waals surface area contributed by atoms with Gasteiger partial charge >= 0.3 is 0 Å². The zero-order chi connectivity index (χ0) is 19.1. The van der Waals surface area contributed by atoms with Crippen molar-refractivity contribution in [3.8, 4) is 11.5 Å². The van der Waals surface area contributed by atoms with Gasteiger partial charge in [-0.2, -0.15) is 0 Å². The summed E-state index contributed by atoms with van der Waals surface area (Å²) < 4.78 is 53.5. The molecule has 2 aromatic carbocycles. The van der Waals surface area contributed by atoms with Crippen molar-refractivity contribution in [1.82, 2.24) is 14.4 Å². The number of methoxy groups -OCH3 is 2. The largest absolute Gasteiger partial charge is 0.493 e. The van der Waals surface area contributed by atoms with Gasteiger partial charge in [0.05, 0.1) is 37.8 Å². The first-order valence-electron chi connectivity index (χ1n) is 7.81. The van der Waals surface area contributed by atoms with E-state index in [2.05, 4.69) is 15.3 Å². The lowest BCUT2D eigenvalue weighted by Crippen LogP contribution is -2.04.